The normalized spacial score (nSPS) is 20.8. The van der Waals surface area contributed by atoms with E-state index in [-0.39, 0.29) is 22.9 Å². The number of sulfonamides is 1. The van der Waals surface area contributed by atoms with E-state index in [1.807, 2.05) is 0 Å². The van der Waals surface area contributed by atoms with E-state index in [0.29, 0.717) is 11.9 Å². The van der Waals surface area contributed by atoms with Gasteiger partial charge in [-0.3, -0.25) is 4.98 Å². The molecular weight excluding hydrogens is 293 g/mol. The summed E-state index contributed by atoms with van der Waals surface area (Å²) >= 11 is 0. The zero-order valence-corrected chi connectivity index (χ0v) is 12.2. The fourth-order valence-corrected chi connectivity index (χ4v) is 4.46. The number of hydrogen-bond acceptors (Lipinski definition) is 4. The number of rotatable bonds is 2. The minimum absolute atomic E-state index is 0.0194. The molecular formula is C14H16FN3O2S. The maximum absolute atomic E-state index is 14.1. The minimum atomic E-state index is -3.76. The van der Waals surface area contributed by atoms with E-state index < -0.39 is 15.8 Å². The third-order valence-electron chi connectivity index (χ3n) is 3.74. The molecule has 0 amide bonds. The number of benzene rings is 1. The third kappa shape index (κ3) is 2.52. The fourth-order valence-electron chi connectivity index (χ4n) is 2.71. The molecule has 2 N–H and O–H groups in total. The van der Waals surface area contributed by atoms with E-state index >= 15 is 0 Å². The van der Waals surface area contributed by atoms with Crippen LogP contribution in [0.3, 0.4) is 0 Å². The van der Waals surface area contributed by atoms with Crippen LogP contribution in [0.4, 0.5) is 4.39 Å². The molecule has 0 aliphatic carbocycles. The van der Waals surface area contributed by atoms with Gasteiger partial charge in [0.25, 0.3) is 0 Å². The topological polar surface area (TPSA) is 76.3 Å². The molecule has 0 unspecified atom stereocenters. The lowest BCUT2D eigenvalue weighted by Gasteiger charge is -2.30. The van der Waals surface area contributed by atoms with Gasteiger partial charge in [0, 0.05) is 36.1 Å². The molecule has 112 valence electrons. The Bertz CT molecular complexity index is 774. The molecule has 1 aromatic heterocycles. The summed E-state index contributed by atoms with van der Waals surface area (Å²) < 4.78 is 41.0. The van der Waals surface area contributed by atoms with Crippen LogP contribution in [0.25, 0.3) is 10.8 Å². The van der Waals surface area contributed by atoms with Crippen LogP contribution in [0, 0.1) is 5.82 Å². The summed E-state index contributed by atoms with van der Waals surface area (Å²) in [5.41, 5.74) is 5.85. The molecule has 5 nitrogen and oxygen atoms in total. The van der Waals surface area contributed by atoms with Crippen molar-refractivity contribution >= 4 is 20.8 Å². The van der Waals surface area contributed by atoms with Gasteiger partial charge in [-0.05, 0) is 18.9 Å². The Kier molecular flexibility index (Phi) is 3.64. The van der Waals surface area contributed by atoms with Crippen molar-refractivity contribution in [1.82, 2.24) is 9.29 Å². The highest BCUT2D eigenvalue weighted by atomic mass is 32.2. The van der Waals surface area contributed by atoms with E-state index in [1.54, 1.807) is 12.1 Å². The number of pyridine rings is 1. The Morgan fingerprint density at radius 3 is 2.90 bits per heavy atom. The Labute approximate surface area is 122 Å². The van der Waals surface area contributed by atoms with Gasteiger partial charge in [0.05, 0.1) is 11.1 Å². The van der Waals surface area contributed by atoms with Crippen LogP contribution in [0.2, 0.25) is 0 Å². The van der Waals surface area contributed by atoms with Crippen molar-refractivity contribution in [3.8, 4) is 0 Å². The monoisotopic (exact) mass is 309 g/mol. The molecule has 0 bridgehead atoms. The summed E-state index contributed by atoms with van der Waals surface area (Å²) in [7, 11) is -3.76. The smallest absolute Gasteiger partial charge is 0.243 e. The molecule has 0 saturated carbocycles. The highest BCUT2D eigenvalue weighted by Crippen LogP contribution is 2.28. The summed E-state index contributed by atoms with van der Waals surface area (Å²) in [4.78, 5) is 3.74. The number of nitrogens with zero attached hydrogens (tertiary/aromatic N) is 2. The van der Waals surface area contributed by atoms with Gasteiger partial charge in [0.2, 0.25) is 10.0 Å². The lowest BCUT2D eigenvalue weighted by Crippen LogP contribution is -2.45. The number of hydrogen-bond donors (Lipinski definition) is 1. The molecule has 0 spiro atoms. The van der Waals surface area contributed by atoms with E-state index in [4.69, 9.17) is 5.73 Å². The van der Waals surface area contributed by atoms with Crippen molar-refractivity contribution in [3.63, 3.8) is 0 Å². The number of piperidine rings is 1. The van der Waals surface area contributed by atoms with Crippen LogP contribution >= 0.6 is 0 Å². The predicted molar refractivity (Wildman–Crippen MR) is 77.7 cm³/mol. The van der Waals surface area contributed by atoms with Gasteiger partial charge in [-0.25, -0.2) is 12.8 Å². The summed E-state index contributed by atoms with van der Waals surface area (Å²) in [6.07, 6.45) is 4.01. The van der Waals surface area contributed by atoms with Gasteiger partial charge in [-0.15, -0.1) is 0 Å². The van der Waals surface area contributed by atoms with E-state index in [9.17, 15) is 12.8 Å². The largest absolute Gasteiger partial charge is 0.327 e. The summed E-state index contributed by atoms with van der Waals surface area (Å²) in [5, 5.41) is 0.559. The molecule has 7 heteroatoms. The summed E-state index contributed by atoms with van der Waals surface area (Å²) in [6.45, 7) is 0.685. The third-order valence-corrected chi connectivity index (χ3v) is 5.64. The van der Waals surface area contributed by atoms with E-state index in [1.165, 1.54) is 16.6 Å². The molecule has 2 heterocycles. The highest BCUT2D eigenvalue weighted by molar-refractivity contribution is 7.89. The van der Waals surface area contributed by atoms with Crippen molar-refractivity contribution in [2.75, 3.05) is 13.1 Å². The lowest BCUT2D eigenvalue weighted by molar-refractivity contribution is 0.316. The van der Waals surface area contributed by atoms with Crippen LogP contribution in [-0.2, 0) is 10.0 Å². The van der Waals surface area contributed by atoms with Gasteiger partial charge < -0.3 is 5.73 Å². The summed E-state index contributed by atoms with van der Waals surface area (Å²) in [5.74, 6) is -0.631. The van der Waals surface area contributed by atoms with Gasteiger partial charge in [-0.1, -0.05) is 12.1 Å². The first-order valence-corrected chi connectivity index (χ1v) is 8.22. The van der Waals surface area contributed by atoms with Crippen molar-refractivity contribution in [1.29, 1.82) is 0 Å². The second-order valence-corrected chi connectivity index (χ2v) is 7.15. The second kappa shape index (κ2) is 5.32. The predicted octanol–water partition coefficient (Wildman–Crippen LogP) is 1.49. The van der Waals surface area contributed by atoms with Crippen molar-refractivity contribution < 1.29 is 12.8 Å². The Balaban J connectivity index is 2.15. The number of nitrogens with two attached hydrogens (primary N) is 1. The molecule has 1 aliphatic rings. The van der Waals surface area contributed by atoms with E-state index in [2.05, 4.69) is 4.98 Å². The Morgan fingerprint density at radius 2 is 2.14 bits per heavy atom. The van der Waals surface area contributed by atoms with Gasteiger partial charge in [-0.2, -0.15) is 4.31 Å². The quantitative estimate of drug-likeness (QED) is 0.912. The van der Waals surface area contributed by atoms with Gasteiger partial charge in [0.15, 0.2) is 5.82 Å². The van der Waals surface area contributed by atoms with E-state index in [0.717, 1.165) is 19.0 Å². The standard InChI is InChI=1S/C14H16FN3O2S/c15-12-8-17-7-10-3-1-5-13(14(10)12)21(19,20)18-6-2-4-11(16)9-18/h1,3,5,7-8,11H,2,4,6,9,16H2/t11-/m1/s1. The number of fused-ring (bicyclic) bond motifs is 1. The maximum Gasteiger partial charge on any atom is 0.243 e. The molecule has 1 atom stereocenters. The van der Waals surface area contributed by atoms with Crippen LogP contribution < -0.4 is 5.73 Å². The zero-order valence-electron chi connectivity index (χ0n) is 11.4. The first-order chi connectivity index (χ1) is 10.00. The van der Waals surface area contributed by atoms with Crippen molar-refractivity contribution in [2.24, 2.45) is 5.73 Å². The number of halogens is 1. The maximum atomic E-state index is 14.1. The lowest BCUT2D eigenvalue weighted by atomic mass is 10.1. The molecule has 2 aromatic rings. The molecule has 3 rings (SSSR count). The first kappa shape index (κ1) is 14.4. The zero-order chi connectivity index (χ0) is 15.0. The van der Waals surface area contributed by atoms with Crippen LogP contribution in [-0.4, -0.2) is 36.8 Å². The van der Waals surface area contributed by atoms with Gasteiger partial charge in [0.1, 0.15) is 0 Å². The Morgan fingerprint density at radius 1 is 1.33 bits per heavy atom. The minimum Gasteiger partial charge on any atom is -0.327 e. The highest BCUT2D eigenvalue weighted by Gasteiger charge is 2.30. The van der Waals surface area contributed by atoms with Crippen molar-refractivity contribution in [3.05, 3.63) is 36.4 Å². The molecule has 1 aliphatic heterocycles. The molecule has 1 aromatic carbocycles. The average molecular weight is 309 g/mol. The summed E-state index contributed by atoms with van der Waals surface area (Å²) in [6, 6.07) is 4.50. The molecule has 1 fully saturated rings. The second-order valence-electron chi connectivity index (χ2n) is 5.24. The average Bonchev–Trinajstić information content (AvgIpc) is 2.47. The number of aromatic nitrogens is 1. The Hall–Kier alpha value is -1.57. The van der Waals surface area contributed by atoms with Gasteiger partial charge >= 0.3 is 0 Å². The van der Waals surface area contributed by atoms with Crippen molar-refractivity contribution in [2.45, 2.75) is 23.8 Å². The van der Waals surface area contributed by atoms with Crippen LogP contribution in [0.5, 0.6) is 0 Å². The van der Waals surface area contributed by atoms with Crippen LogP contribution in [0.15, 0.2) is 35.5 Å². The molecule has 1 saturated heterocycles. The molecule has 0 radical (unpaired) electrons. The molecule has 21 heavy (non-hydrogen) atoms. The fraction of sp³-hybridized carbons (Fsp3) is 0.357. The first-order valence-electron chi connectivity index (χ1n) is 6.78. The van der Waals surface area contributed by atoms with Crippen LogP contribution in [0.1, 0.15) is 12.8 Å². The SMILES string of the molecule is N[C@@H]1CCCN(S(=O)(=O)c2cccc3cncc(F)c23)C1.